The second-order valence-corrected chi connectivity index (χ2v) is 6.43. The van der Waals surface area contributed by atoms with E-state index in [0.29, 0.717) is 18.8 Å². The van der Waals surface area contributed by atoms with Gasteiger partial charge in [-0.2, -0.15) is 5.10 Å². The summed E-state index contributed by atoms with van der Waals surface area (Å²) >= 11 is 0. The van der Waals surface area contributed by atoms with Gasteiger partial charge in [-0.1, -0.05) is 24.3 Å². The van der Waals surface area contributed by atoms with E-state index in [1.165, 1.54) is 5.56 Å². The molecule has 0 bridgehead atoms. The molecule has 0 unspecified atom stereocenters. The lowest BCUT2D eigenvalue weighted by Gasteiger charge is -2.34. The Morgan fingerprint density at radius 3 is 2.72 bits per heavy atom. The Kier molecular flexibility index (Phi) is 3.80. The molecule has 1 aliphatic heterocycles. The van der Waals surface area contributed by atoms with Gasteiger partial charge in [0.2, 0.25) is 0 Å². The Morgan fingerprint density at radius 1 is 1.16 bits per heavy atom. The Hall–Kier alpha value is -3.02. The summed E-state index contributed by atoms with van der Waals surface area (Å²) in [5.41, 5.74) is 4.72. The second-order valence-electron chi connectivity index (χ2n) is 6.43. The first-order valence-corrected chi connectivity index (χ1v) is 8.26. The first kappa shape index (κ1) is 15.5. The molecule has 1 aliphatic rings. The monoisotopic (exact) mass is 333 g/mol. The van der Waals surface area contributed by atoms with Gasteiger partial charge < -0.3 is 4.90 Å². The number of carbonyl (C=O) groups excluding carboxylic acids is 1. The van der Waals surface area contributed by atoms with E-state index >= 15 is 0 Å². The summed E-state index contributed by atoms with van der Waals surface area (Å²) in [6, 6.07) is 8.28. The van der Waals surface area contributed by atoms with Crippen LogP contribution in [0.3, 0.4) is 0 Å². The van der Waals surface area contributed by atoms with Crippen molar-refractivity contribution in [2.24, 2.45) is 7.05 Å². The Morgan fingerprint density at radius 2 is 2.00 bits per heavy atom. The summed E-state index contributed by atoms with van der Waals surface area (Å²) in [6.45, 7) is 3.05. The number of rotatable bonds is 2. The fourth-order valence-corrected chi connectivity index (χ4v) is 3.33. The van der Waals surface area contributed by atoms with E-state index in [9.17, 15) is 4.79 Å². The average Bonchev–Trinajstić information content (AvgIpc) is 3.07. The molecule has 2 aromatic heterocycles. The van der Waals surface area contributed by atoms with Crippen molar-refractivity contribution >= 4 is 5.91 Å². The van der Waals surface area contributed by atoms with Crippen molar-refractivity contribution in [1.29, 1.82) is 0 Å². The summed E-state index contributed by atoms with van der Waals surface area (Å²) in [5, 5.41) is 4.29. The van der Waals surface area contributed by atoms with Gasteiger partial charge >= 0.3 is 0 Å². The minimum absolute atomic E-state index is 0.0871. The molecule has 1 atom stereocenters. The maximum atomic E-state index is 12.9. The predicted molar refractivity (Wildman–Crippen MR) is 93.0 cm³/mol. The Bertz CT molecular complexity index is 916. The van der Waals surface area contributed by atoms with Crippen molar-refractivity contribution in [2.75, 3.05) is 6.54 Å². The highest BCUT2D eigenvalue weighted by Crippen LogP contribution is 2.33. The third-order valence-electron chi connectivity index (χ3n) is 4.61. The van der Waals surface area contributed by atoms with E-state index in [2.05, 4.69) is 27.2 Å². The van der Waals surface area contributed by atoms with Gasteiger partial charge in [0, 0.05) is 38.4 Å². The van der Waals surface area contributed by atoms with E-state index < -0.39 is 0 Å². The number of hydrogen-bond donors (Lipinski definition) is 0. The highest BCUT2D eigenvalue weighted by atomic mass is 16.2. The molecular formula is C19H19N5O. The summed E-state index contributed by atoms with van der Waals surface area (Å²) in [4.78, 5) is 23.2. The molecule has 0 saturated heterocycles. The second kappa shape index (κ2) is 6.12. The van der Waals surface area contributed by atoms with Crippen LogP contribution in [-0.2, 0) is 13.6 Å². The number of amides is 1. The van der Waals surface area contributed by atoms with E-state index in [-0.39, 0.29) is 11.8 Å². The zero-order valence-corrected chi connectivity index (χ0v) is 14.3. The molecule has 25 heavy (non-hydrogen) atoms. The number of hydrogen-bond acceptors (Lipinski definition) is 4. The van der Waals surface area contributed by atoms with Crippen LogP contribution < -0.4 is 0 Å². The van der Waals surface area contributed by atoms with Crippen LogP contribution in [0.15, 0.2) is 49.1 Å². The SMILES string of the molecule is Cc1cnc(C(=O)N2Cc3ccccc3[C@@H](c3cnn(C)c3)C2)cn1. The Balaban J connectivity index is 1.70. The normalized spacial score (nSPS) is 16.6. The third kappa shape index (κ3) is 2.91. The number of carbonyl (C=O) groups is 1. The quantitative estimate of drug-likeness (QED) is 0.722. The van der Waals surface area contributed by atoms with Gasteiger partial charge in [0.1, 0.15) is 5.69 Å². The van der Waals surface area contributed by atoms with Crippen molar-refractivity contribution < 1.29 is 4.79 Å². The summed E-state index contributed by atoms with van der Waals surface area (Å²) in [7, 11) is 1.91. The van der Waals surface area contributed by atoms with E-state index in [1.807, 2.05) is 43.4 Å². The van der Waals surface area contributed by atoms with E-state index in [4.69, 9.17) is 0 Å². The highest BCUT2D eigenvalue weighted by Gasteiger charge is 2.30. The number of aryl methyl sites for hydroxylation is 2. The van der Waals surface area contributed by atoms with Crippen LogP contribution in [-0.4, -0.2) is 37.1 Å². The van der Waals surface area contributed by atoms with Crippen LogP contribution in [0.25, 0.3) is 0 Å². The van der Waals surface area contributed by atoms with Gasteiger partial charge in [0.05, 0.1) is 18.1 Å². The van der Waals surface area contributed by atoms with E-state index in [0.717, 1.165) is 16.8 Å². The van der Waals surface area contributed by atoms with Gasteiger partial charge in [-0.15, -0.1) is 0 Å². The van der Waals surface area contributed by atoms with Crippen LogP contribution >= 0.6 is 0 Å². The number of nitrogens with zero attached hydrogens (tertiary/aromatic N) is 5. The van der Waals surface area contributed by atoms with Crippen LogP contribution in [0.5, 0.6) is 0 Å². The molecule has 126 valence electrons. The molecule has 0 spiro atoms. The molecule has 1 aromatic carbocycles. The number of fused-ring (bicyclic) bond motifs is 1. The molecule has 0 radical (unpaired) electrons. The molecule has 0 saturated carbocycles. The Labute approximate surface area is 146 Å². The van der Waals surface area contributed by atoms with Crippen LogP contribution in [0.1, 0.15) is 38.8 Å². The fourth-order valence-electron chi connectivity index (χ4n) is 3.33. The van der Waals surface area contributed by atoms with Crippen molar-refractivity contribution in [2.45, 2.75) is 19.4 Å². The molecule has 0 N–H and O–H groups in total. The zero-order chi connectivity index (χ0) is 17.4. The van der Waals surface area contributed by atoms with Gasteiger partial charge in [0.25, 0.3) is 5.91 Å². The largest absolute Gasteiger partial charge is 0.332 e. The highest BCUT2D eigenvalue weighted by molar-refractivity contribution is 5.92. The third-order valence-corrected chi connectivity index (χ3v) is 4.61. The number of aromatic nitrogens is 4. The predicted octanol–water partition coefficient (Wildman–Crippen LogP) is 2.31. The van der Waals surface area contributed by atoms with E-state index in [1.54, 1.807) is 17.1 Å². The van der Waals surface area contributed by atoms with Crippen LogP contribution in [0.2, 0.25) is 0 Å². The topological polar surface area (TPSA) is 63.9 Å². The summed E-state index contributed by atoms with van der Waals surface area (Å²) in [5.74, 6) is 0.0249. The van der Waals surface area contributed by atoms with Crippen molar-refractivity contribution in [3.8, 4) is 0 Å². The fraction of sp³-hybridized carbons (Fsp3) is 0.263. The van der Waals surface area contributed by atoms with Crippen LogP contribution in [0.4, 0.5) is 0 Å². The van der Waals surface area contributed by atoms with Gasteiger partial charge in [0.15, 0.2) is 0 Å². The summed E-state index contributed by atoms with van der Waals surface area (Å²) < 4.78 is 1.80. The van der Waals surface area contributed by atoms with Crippen molar-refractivity contribution in [1.82, 2.24) is 24.6 Å². The minimum atomic E-state index is -0.0871. The molecule has 6 nitrogen and oxygen atoms in total. The molecule has 1 amide bonds. The minimum Gasteiger partial charge on any atom is -0.332 e. The van der Waals surface area contributed by atoms with Crippen molar-refractivity contribution in [3.63, 3.8) is 0 Å². The lowest BCUT2D eigenvalue weighted by Crippen LogP contribution is -2.39. The first-order chi connectivity index (χ1) is 12.1. The lowest BCUT2D eigenvalue weighted by atomic mass is 9.86. The molecule has 3 aromatic rings. The standard InChI is InChI=1S/C19H19N5O/c1-13-7-21-18(9-20-13)19(25)24-11-14-5-3-4-6-16(14)17(12-24)15-8-22-23(2)10-15/h3-10,17H,11-12H2,1-2H3/t17-/m1/s1. The molecule has 4 rings (SSSR count). The van der Waals surface area contributed by atoms with Crippen molar-refractivity contribution in [3.05, 3.63) is 77.1 Å². The maximum Gasteiger partial charge on any atom is 0.274 e. The van der Waals surface area contributed by atoms with Gasteiger partial charge in [-0.3, -0.25) is 14.5 Å². The molecule has 6 heteroatoms. The molecular weight excluding hydrogens is 314 g/mol. The van der Waals surface area contributed by atoms with Gasteiger partial charge in [-0.05, 0) is 23.6 Å². The maximum absolute atomic E-state index is 12.9. The lowest BCUT2D eigenvalue weighted by molar-refractivity contribution is 0.0718. The molecule has 3 heterocycles. The van der Waals surface area contributed by atoms with Crippen LogP contribution in [0, 0.1) is 6.92 Å². The average molecular weight is 333 g/mol. The smallest absolute Gasteiger partial charge is 0.274 e. The zero-order valence-electron chi connectivity index (χ0n) is 14.3. The number of benzene rings is 1. The summed E-state index contributed by atoms with van der Waals surface area (Å²) in [6.07, 6.45) is 7.07. The van der Waals surface area contributed by atoms with Gasteiger partial charge in [-0.25, -0.2) is 4.98 Å². The molecule has 0 aliphatic carbocycles. The first-order valence-electron chi connectivity index (χ1n) is 8.26. The molecule has 0 fully saturated rings.